The standard InChI is InChI=1S/C17H22N6/c1-11(17(2,3)4)20-15-13-14(19-10-18-13)22-16(23-15)21-12-8-6-5-7-9-12/h5-11H,1-4H3,(H3,18,19,20,21,22,23)/t11-/m1/s1. The molecule has 0 bridgehead atoms. The molecule has 2 aromatic heterocycles. The van der Waals surface area contributed by atoms with Crippen molar-refractivity contribution in [1.82, 2.24) is 19.9 Å². The van der Waals surface area contributed by atoms with Crippen LogP contribution in [0.2, 0.25) is 0 Å². The Morgan fingerprint density at radius 1 is 1.09 bits per heavy atom. The molecule has 0 fully saturated rings. The van der Waals surface area contributed by atoms with Crippen LogP contribution in [0.3, 0.4) is 0 Å². The maximum atomic E-state index is 4.62. The van der Waals surface area contributed by atoms with Crippen molar-refractivity contribution in [1.29, 1.82) is 0 Å². The average molecular weight is 310 g/mol. The van der Waals surface area contributed by atoms with Gasteiger partial charge in [0.25, 0.3) is 0 Å². The second kappa shape index (κ2) is 5.87. The van der Waals surface area contributed by atoms with Gasteiger partial charge in [-0.15, -0.1) is 0 Å². The van der Waals surface area contributed by atoms with Gasteiger partial charge in [-0.25, -0.2) is 4.98 Å². The number of hydrogen-bond acceptors (Lipinski definition) is 5. The maximum Gasteiger partial charge on any atom is 0.231 e. The number of fused-ring (bicyclic) bond motifs is 1. The zero-order valence-electron chi connectivity index (χ0n) is 13.9. The molecule has 6 nitrogen and oxygen atoms in total. The number of aromatic amines is 1. The number of H-pyrrole nitrogens is 1. The van der Waals surface area contributed by atoms with Gasteiger partial charge in [0, 0.05) is 11.7 Å². The number of imidazole rings is 1. The van der Waals surface area contributed by atoms with Crippen LogP contribution in [0.1, 0.15) is 27.7 Å². The van der Waals surface area contributed by atoms with E-state index < -0.39 is 0 Å². The summed E-state index contributed by atoms with van der Waals surface area (Å²) in [5.41, 5.74) is 2.52. The van der Waals surface area contributed by atoms with E-state index in [1.54, 1.807) is 6.33 Å². The molecule has 0 saturated heterocycles. The highest BCUT2D eigenvalue weighted by Gasteiger charge is 2.22. The molecule has 0 aliphatic rings. The molecule has 1 aromatic carbocycles. The summed E-state index contributed by atoms with van der Waals surface area (Å²) in [6.45, 7) is 8.73. The number of aromatic nitrogens is 4. The van der Waals surface area contributed by atoms with Gasteiger partial charge in [-0.2, -0.15) is 9.97 Å². The highest BCUT2D eigenvalue weighted by molar-refractivity contribution is 5.84. The van der Waals surface area contributed by atoms with E-state index in [9.17, 15) is 0 Å². The largest absolute Gasteiger partial charge is 0.365 e. The highest BCUT2D eigenvalue weighted by Crippen LogP contribution is 2.26. The Labute approximate surface area is 135 Å². The van der Waals surface area contributed by atoms with Crippen molar-refractivity contribution >= 4 is 28.6 Å². The monoisotopic (exact) mass is 310 g/mol. The Kier molecular flexibility index (Phi) is 3.90. The smallest absolute Gasteiger partial charge is 0.231 e. The van der Waals surface area contributed by atoms with Gasteiger partial charge in [-0.1, -0.05) is 39.0 Å². The number of para-hydroxylation sites is 1. The van der Waals surface area contributed by atoms with Crippen molar-refractivity contribution in [3.8, 4) is 0 Å². The lowest BCUT2D eigenvalue weighted by Gasteiger charge is -2.28. The summed E-state index contributed by atoms with van der Waals surface area (Å²) in [5, 5.41) is 6.70. The first-order valence-electron chi connectivity index (χ1n) is 7.73. The third-order valence-electron chi connectivity index (χ3n) is 3.97. The number of hydrogen-bond donors (Lipinski definition) is 3. The van der Waals surface area contributed by atoms with Crippen molar-refractivity contribution in [2.24, 2.45) is 5.41 Å². The van der Waals surface area contributed by atoms with Gasteiger partial charge in [0.15, 0.2) is 11.5 Å². The van der Waals surface area contributed by atoms with Gasteiger partial charge >= 0.3 is 0 Å². The number of anilines is 3. The quantitative estimate of drug-likeness (QED) is 0.680. The molecule has 23 heavy (non-hydrogen) atoms. The summed E-state index contributed by atoms with van der Waals surface area (Å²) in [6, 6.07) is 10.1. The van der Waals surface area contributed by atoms with Crippen LogP contribution < -0.4 is 10.6 Å². The SMILES string of the molecule is C[C@@H](Nc1nc(Nc2ccccc2)nc2nc[nH]c12)C(C)(C)C. The van der Waals surface area contributed by atoms with Gasteiger partial charge in [0.05, 0.1) is 6.33 Å². The van der Waals surface area contributed by atoms with E-state index in [1.807, 2.05) is 30.3 Å². The topological polar surface area (TPSA) is 78.5 Å². The number of rotatable bonds is 4. The second-order valence-corrected chi connectivity index (χ2v) is 6.72. The fourth-order valence-electron chi connectivity index (χ4n) is 2.07. The Morgan fingerprint density at radius 3 is 2.52 bits per heavy atom. The molecule has 0 aliphatic heterocycles. The first kappa shape index (κ1) is 15.3. The Morgan fingerprint density at radius 2 is 1.83 bits per heavy atom. The molecule has 0 amide bonds. The number of nitrogens with one attached hydrogen (secondary N) is 3. The van der Waals surface area contributed by atoms with Crippen LogP contribution in [0.5, 0.6) is 0 Å². The number of nitrogens with zero attached hydrogens (tertiary/aromatic N) is 3. The van der Waals surface area contributed by atoms with Crippen molar-refractivity contribution in [2.45, 2.75) is 33.7 Å². The summed E-state index contributed by atoms with van der Waals surface area (Å²) in [6.07, 6.45) is 1.64. The summed E-state index contributed by atoms with van der Waals surface area (Å²) in [7, 11) is 0. The van der Waals surface area contributed by atoms with Gasteiger partial charge in [-0.3, -0.25) is 0 Å². The van der Waals surface area contributed by atoms with E-state index in [1.165, 1.54) is 0 Å². The van der Waals surface area contributed by atoms with Crippen LogP contribution in [0.4, 0.5) is 17.5 Å². The first-order valence-corrected chi connectivity index (χ1v) is 7.73. The zero-order valence-corrected chi connectivity index (χ0v) is 13.9. The van der Waals surface area contributed by atoms with E-state index in [0.717, 1.165) is 17.0 Å². The predicted molar refractivity (Wildman–Crippen MR) is 93.9 cm³/mol. The van der Waals surface area contributed by atoms with Crippen LogP contribution >= 0.6 is 0 Å². The predicted octanol–water partition coefficient (Wildman–Crippen LogP) is 3.94. The summed E-state index contributed by atoms with van der Waals surface area (Å²) >= 11 is 0. The molecule has 120 valence electrons. The first-order chi connectivity index (χ1) is 10.9. The fourth-order valence-corrected chi connectivity index (χ4v) is 2.07. The minimum atomic E-state index is 0.115. The second-order valence-electron chi connectivity index (χ2n) is 6.72. The molecule has 3 N–H and O–H groups in total. The lowest BCUT2D eigenvalue weighted by atomic mass is 9.88. The van der Waals surface area contributed by atoms with Crippen LogP contribution in [0.15, 0.2) is 36.7 Å². The Bertz CT molecular complexity index is 788. The zero-order chi connectivity index (χ0) is 16.4. The molecule has 0 aliphatic carbocycles. The van der Waals surface area contributed by atoms with Gasteiger partial charge in [-0.05, 0) is 24.5 Å². The van der Waals surface area contributed by atoms with Crippen LogP contribution in [-0.2, 0) is 0 Å². The van der Waals surface area contributed by atoms with Crippen LogP contribution in [-0.4, -0.2) is 26.0 Å². The van der Waals surface area contributed by atoms with E-state index >= 15 is 0 Å². The minimum Gasteiger partial charge on any atom is -0.365 e. The molecule has 0 saturated carbocycles. The van der Waals surface area contributed by atoms with E-state index in [0.29, 0.717) is 11.6 Å². The van der Waals surface area contributed by atoms with Crippen molar-refractivity contribution in [3.63, 3.8) is 0 Å². The molecule has 3 aromatic rings. The maximum absolute atomic E-state index is 4.62. The molecule has 2 heterocycles. The Balaban J connectivity index is 1.95. The molecule has 0 radical (unpaired) electrons. The third-order valence-corrected chi connectivity index (χ3v) is 3.97. The van der Waals surface area contributed by atoms with Crippen molar-refractivity contribution in [3.05, 3.63) is 36.7 Å². The van der Waals surface area contributed by atoms with E-state index in [-0.39, 0.29) is 11.5 Å². The van der Waals surface area contributed by atoms with Crippen molar-refractivity contribution < 1.29 is 0 Å². The molecule has 3 rings (SSSR count). The van der Waals surface area contributed by atoms with Crippen LogP contribution in [0.25, 0.3) is 11.2 Å². The molecular formula is C17H22N6. The third kappa shape index (κ3) is 3.41. The van der Waals surface area contributed by atoms with Crippen molar-refractivity contribution in [2.75, 3.05) is 10.6 Å². The molecule has 0 spiro atoms. The number of benzene rings is 1. The minimum absolute atomic E-state index is 0.115. The molecular weight excluding hydrogens is 288 g/mol. The molecule has 6 heteroatoms. The average Bonchev–Trinajstić information content (AvgIpc) is 2.96. The Hall–Kier alpha value is -2.63. The molecule has 1 atom stereocenters. The lowest BCUT2D eigenvalue weighted by molar-refractivity contribution is 0.359. The molecule has 0 unspecified atom stereocenters. The van der Waals surface area contributed by atoms with Gasteiger partial charge < -0.3 is 15.6 Å². The van der Waals surface area contributed by atoms with Crippen LogP contribution in [0, 0.1) is 5.41 Å². The van der Waals surface area contributed by atoms with E-state index in [2.05, 4.69) is 58.3 Å². The fraction of sp³-hybridized carbons (Fsp3) is 0.353. The van der Waals surface area contributed by atoms with Gasteiger partial charge in [0.1, 0.15) is 5.52 Å². The van der Waals surface area contributed by atoms with E-state index in [4.69, 9.17) is 0 Å². The lowest BCUT2D eigenvalue weighted by Crippen LogP contribution is -2.31. The summed E-state index contributed by atoms with van der Waals surface area (Å²) in [4.78, 5) is 16.4. The summed E-state index contributed by atoms with van der Waals surface area (Å²) in [5.74, 6) is 1.28. The van der Waals surface area contributed by atoms with Gasteiger partial charge in [0.2, 0.25) is 5.95 Å². The normalized spacial score (nSPS) is 13.0. The summed E-state index contributed by atoms with van der Waals surface area (Å²) < 4.78 is 0. The highest BCUT2D eigenvalue weighted by atomic mass is 15.2.